The summed E-state index contributed by atoms with van der Waals surface area (Å²) in [7, 11) is 0. The Balaban J connectivity index is 1.20. The number of nitrogens with zero attached hydrogens (tertiary/aromatic N) is 2. The lowest BCUT2D eigenvalue weighted by molar-refractivity contribution is -0.138. The Labute approximate surface area is 188 Å². The zero-order valence-electron chi connectivity index (χ0n) is 18.5. The molecule has 2 aliphatic heterocycles. The van der Waals surface area contributed by atoms with Crippen molar-refractivity contribution in [2.24, 2.45) is 11.8 Å². The van der Waals surface area contributed by atoms with Gasteiger partial charge in [-0.3, -0.25) is 14.4 Å². The van der Waals surface area contributed by atoms with Crippen LogP contribution >= 0.6 is 0 Å². The van der Waals surface area contributed by atoms with E-state index in [1.165, 1.54) is 0 Å². The van der Waals surface area contributed by atoms with E-state index in [2.05, 4.69) is 5.32 Å². The first-order valence-electron chi connectivity index (χ1n) is 12.0. The zero-order chi connectivity index (χ0) is 22.1. The molecule has 6 heteroatoms. The van der Waals surface area contributed by atoms with Gasteiger partial charge < -0.3 is 15.1 Å². The number of rotatable bonds is 4. The van der Waals surface area contributed by atoms with Crippen LogP contribution in [0.1, 0.15) is 48.9 Å². The largest absolute Gasteiger partial charge is 0.353 e. The highest BCUT2D eigenvalue weighted by molar-refractivity contribution is 6.07. The summed E-state index contributed by atoms with van der Waals surface area (Å²) in [6.45, 7) is 2.55. The van der Waals surface area contributed by atoms with Gasteiger partial charge in [0.1, 0.15) is 0 Å². The van der Waals surface area contributed by atoms with E-state index in [4.69, 9.17) is 0 Å². The van der Waals surface area contributed by atoms with Crippen LogP contribution in [0.25, 0.3) is 10.8 Å². The number of piperidine rings is 2. The van der Waals surface area contributed by atoms with Crippen molar-refractivity contribution in [3.63, 3.8) is 0 Å². The number of hydrogen-bond donors (Lipinski definition) is 1. The van der Waals surface area contributed by atoms with E-state index in [9.17, 15) is 14.4 Å². The molecule has 1 saturated carbocycles. The molecule has 2 aromatic rings. The van der Waals surface area contributed by atoms with Crippen LogP contribution in [0.4, 0.5) is 0 Å². The third-order valence-electron chi connectivity index (χ3n) is 7.18. The molecule has 0 bridgehead atoms. The molecule has 168 valence electrons. The van der Waals surface area contributed by atoms with Crippen molar-refractivity contribution in [2.45, 2.75) is 44.6 Å². The summed E-state index contributed by atoms with van der Waals surface area (Å²) in [6.07, 6.45) is 5.33. The van der Waals surface area contributed by atoms with Gasteiger partial charge in [-0.2, -0.15) is 0 Å². The quantitative estimate of drug-likeness (QED) is 0.805. The van der Waals surface area contributed by atoms with Crippen LogP contribution in [0.3, 0.4) is 0 Å². The fourth-order valence-electron chi connectivity index (χ4n) is 5.11. The number of carbonyl (C=O) groups excluding carboxylic acids is 3. The molecule has 2 heterocycles. The average molecular weight is 434 g/mol. The molecule has 3 aliphatic rings. The maximum atomic E-state index is 13.3. The Bertz CT molecular complexity index is 1020. The first-order valence-corrected chi connectivity index (χ1v) is 12.0. The summed E-state index contributed by atoms with van der Waals surface area (Å²) in [4.78, 5) is 42.3. The van der Waals surface area contributed by atoms with Crippen molar-refractivity contribution in [2.75, 3.05) is 26.2 Å². The molecule has 0 radical (unpaired) electrons. The van der Waals surface area contributed by atoms with Crippen LogP contribution in [0.2, 0.25) is 0 Å². The average Bonchev–Trinajstić information content (AvgIpc) is 3.69. The van der Waals surface area contributed by atoms with Crippen molar-refractivity contribution in [3.8, 4) is 0 Å². The monoisotopic (exact) mass is 433 g/mol. The van der Waals surface area contributed by atoms with E-state index < -0.39 is 0 Å². The second kappa shape index (κ2) is 8.93. The predicted octanol–water partition coefficient (Wildman–Crippen LogP) is 3.21. The molecule has 3 amide bonds. The van der Waals surface area contributed by atoms with Crippen molar-refractivity contribution in [1.82, 2.24) is 15.1 Å². The SMILES string of the molecule is O=C(NC1CCN(C(=O)C2CCCN(C(=O)c3cccc4ccccc34)C2)CC1)C1CC1. The Morgan fingerprint density at radius 3 is 2.31 bits per heavy atom. The zero-order valence-corrected chi connectivity index (χ0v) is 18.5. The number of nitrogens with one attached hydrogen (secondary N) is 1. The lowest BCUT2D eigenvalue weighted by Gasteiger charge is -2.38. The summed E-state index contributed by atoms with van der Waals surface area (Å²) in [5.74, 6) is 0.445. The maximum Gasteiger partial charge on any atom is 0.254 e. The Morgan fingerprint density at radius 2 is 1.53 bits per heavy atom. The van der Waals surface area contributed by atoms with Gasteiger partial charge in [-0.25, -0.2) is 0 Å². The molecule has 1 aliphatic carbocycles. The van der Waals surface area contributed by atoms with Crippen molar-refractivity contribution >= 4 is 28.5 Å². The first-order chi connectivity index (χ1) is 15.6. The third kappa shape index (κ3) is 4.36. The predicted molar refractivity (Wildman–Crippen MR) is 123 cm³/mol. The molecule has 32 heavy (non-hydrogen) atoms. The van der Waals surface area contributed by atoms with Crippen molar-refractivity contribution < 1.29 is 14.4 Å². The van der Waals surface area contributed by atoms with Crippen LogP contribution < -0.4 is 5.32 Å². The van der Waals surface area contributed by atoms with Gasteiger partial charge in [0, 0.05) is 43.7 Å². The standard InChI is InChI=1S/C26H31N3O3/c30-24(19-10-11-19)27-21-12-15-28(16-13-21)25(31)20-7-4-14-29(17-20)26(32)23-9-3-6-18-5-1-2-8-22(18)23/h1-3,5-6,8-9,19-21H,4,7,10-17H2,(H,27,30). The summed E-state index contributed by atoms with van der Waals surface area (Å²) < 4.78 is 0. The lowest BCUT2D eigenvalue weighted by atomic mass is 9.94. The third-order valence-corrected chi connectivity index (χ3v) is 7.18. The molecule has 2 aromatic carbocycles. The molecule has 1 atom stereocenters. The van der Waals surface area contributed by atoms with Crippen LogP contribution in [-0.4, -0.2) is 59.7 Å². The van der Waals surface area contributed by atoms with Crippen molar-refractivity contribution in [3.05, 3.63) is 48.0 Å². The minimum absolute atomic E-state index is 0.0146. The molecule has 0 spiro atoms. The summed E-state index contributed by atoms with van der Waals surface area (Å²) in [6, 6.07) is 14.0. The van der Waals surface area contributed by atoms with Crippen LogP contribution in [0.15, 0.2) is 42.5 Å². The van der Waals surface area contributed by atoms with E-state index >= 15 is 0 Å². The van der Waals surface area contributed by atoms with Gasteiger partial charge in [-0.05, 0) is 55.4 Å². The van der Waals surface area contributed by atoms with Crippen LogP contribution in [-0.2, 0) is 9.59 Å². The van der Waals surface area contributed by atoms with E-state index in [1.807, 2.05) is 52.3 Å². The van der Waals surface area contributed by atoms with Gasteiger partial charge in [0.15, 0.2) is 0 Å². The van der Waals surface area contributed by atoms with Crippen LogP contribution in [0, 0.1) is 11.8 Å². The summed E-state index contributed by atoms with van der Waals surface area (Å²) >= 11 is 0. The van der Waals surface area contributed by atoms with Gasteiger partial charge in [-0.1, -0.05) is 36.4 Å². The Hall–Kier alpha value is -2.89. The topological polar surface area (TPSA) is 69.7 Å². The van der Waals surface area contributed by atoms with Gasteiger partial charge in [-0.15, -0.1) is 0 Å². The molecule has 3 fully saturated rings. The number of fused-ring (bicyclic) bond motifs is 1. The minimum atomic E-state index is -0.139. The smallest absolute Gasteiger partial charge is 0.254 e. The number of carbonyl (C=O) groups is 3. The van der Waals surface area contributed by atoms with E-state index in [1.54, 1.807) is 0 Å². The Kier molecular flexibility index (Phi) is 5.85. The van der Waals surface area contributed by atoms with Crippen LogP contribution in [0.5, 0.6) is 0 Å². The maximum absolute atomic E-state index is 13.3. The molecular formula is C26H31N3O3. The van der Waals surface area contributed by atoms with Gasteiger partial charge in [0.25, 0.3) is 5.91 Å². The molecule has 2 saturated heterocycles. The second-order valence-electron chi connectivity index (χ2n) is 9.50. The molecule has 1 unspecified atom stereocenters. The number of likely N-dealkylation sites (tertiary alicyclic amines) is 2. The highest BCUT2D eigenvalue weighted by Gasteiger charge is 2.35. The van der Waals surface area contributed by atoms with Gasteiger partial charge in [0.05, 0.1) is 5.92 Å². The number of amides is 3. The molecule has 1 N–H and O–H groups in total. The van der Waals surface area contributed by atoms with Gasteiger partial charge >= 0.3 is 0 Å². The van der Waals surface area contributed by atoms with Gasteiger partial charge in [0.2, 0.25) is 11.8 Å². The number of hydrogen-bond acceptors (Lipinski definition) is 3. The van der Waals surface area contributed by atoms with Crippen molar-refractivity contribution in [1.29, 1.82) is 0 Å². The highest BCUT2D eigenvalue weighted by Crippen LogP contribution is 2.30. The normalized spacial score (nSPS) is 22.1. The molecular weight excluding hydrogens is 402 g/mol. The lowest BCUT2D eigenvalue weighted by Crippen LogP contribution is -2.51. The van der Waals surface area contributed by atoms with E-state index in [0.717, 1.165) is 49.3 Å². The molecule has 5 rings (SSSR count). The number of benzene rings is 2. The summed E-state index contributed by atoms with van der Waals surface area (Å²) in [5, 5.41) is 5.16. The van der Waals surface area contributed by atoms with E-state index in [0.29, 0.717) is 31.7 Å². The fourth-order valence-corrected chi connectivity index (χ4v) is 5.11. The second-order valence-corrected chi connectivity index (χ2v) is 9.50. The minimum Gasteiger partial charge on any atom is -0.353 e. The molecule has 0 aromatic heterocycles. The first kappa shape index (κ1) is 21.0. The fraction of sp³-hybridized carbons (Fsp3) is 0.500. The summed E-state index contributed by atoms with van der Waals surface area (Å²) in [5.41, 5.74) is 0.711. The Morgan fingerprint density at radius 1 is 0.781 bits per heavy atom. The highest BCUT2D eigenvalue weighted by atomic mass is 16.2. The molecule has 6 nitrogen and oxygen atoms in total. The van der Waals surface area contributed by atoms with E-state index in [-0.39, 0.29) is 35.6 Å².